The van der Waals surface area contributed by atoms with E-state index >= 15 is 0 Å². The molecule has 0 spiro atoms. The highest BCUT2D eigenvalue weighted by Crippen LogP contribution is 2.40. The summed E-state index contributed by atoms with van der Waals surface area (Å²) in [5, 5.41) is 9.50. The summed E-state index contributed by atoms with van der Waals surface area (Å²) in [6, 6.07) is 3.73. The molecule has 2 rings (SSSR count). The van der Waals surface area contributed by atoms with Crippen LogP contribution in [-0.2, 0) is 6.42 Å². The molecule has 0 saturated heterocycles. The number of hydrogen-bond acceptors (Lipinski definition) is 1. The van der Waals surface area contributed by atoms with Crippen molar-refractivity contribution in [3.05, 3.63) is 27.7 Å². The van der Waals surface area contributed by atoms with E-state index < -0.39 is 0 Å². The zero-order chi connectivity index (χ0) is 10.1. The Balaban J connectivity index is 2.51. The fourth-order valence-electron chi connectivity index (χ4n) is 2.41. The number of halogens is 1. The first kappa shape index (κ1) is 10.0. The van der Waals surface area contributed by atoms with E-state index in [1.807, 2.05) is 12.1 Å². The van der Waals surface area contributed by atoms with Gasteiger partial charge in [0.15, 0.2) is 0 Å². The molecule has 1 aromatic carbocycles. The SMILES string of the molecule is CC[C@@H]1CCCc2cc(O)cc(Br)c21. The normalized spacial score (nSPS) is 20.6. The van der Waals surface area contributed by atoms with Crippen LogP contribution in [0.25, 0.3) is 0 Å². The summed E-state index contributed by atoms with van der Waals surface area (Å²) in [4.78, 5) is 0. The molecule has 0 radical (unpaired) electrons. The van der Waals surface area contributed by atoms with Gasteiger partial charge in [-0.25, -0.2) is 0 Å². The highest BCUT2D eigenvalue weighted by molar-refractivity contribution is 9.10. The van der Waals surface area contributed by atoms with E-state index in [2.05, 4.69) is 22.9 Å². The summed E-state index contributed by atoms with van der Waals surface area (Å²) in [5.41, 5.74) is 2.76. The van der Waals surface area contributed by atoms with Gasteiger partial charge in [-0.05, 0) is 54.9 Å². The molecule has 14 heavy (non-hydrogen) atoms. The van der Waals surface area contributed by atoms with Gasteiger partial charge >= 0.3 is 0 Å². The molecule has 1 N–H and O–H groups in total. The molecular formula is C12H15BrO. The van der Waals surface area contributed by atoms with Crippen molar-refractivity contribution in [2.24, 2.45) is 0 Å². The molecule has 1 aliphatic carbocycles. The molecule has 0 aliphatic heterocycles. The van der Waals surface area contributed by atoms with Crippen molar-refractivity contribution in [1.29, 1.82) is 0 Å². The highest BCUT2D eigenvalue weighted by atomic mass is 79.9. The smallest absolute Gasteiger partial charge is 0.116 e. The van der Waals surface area contributed by atoms with Crippen LogP contribution in [0.5, 0.6) is 5.75 Å². The van der Waals surface area contributed by atoms with Crippen LogP contribution < -0.4 is 0 Å². The van der Waals surface area contributed by atoms with Crippen LogP contribution in [0, 0.1) is 0 Å². The monoisotopic (exact) mass is 254 g/mol. The summed E-state index contributed by atoms with van der Waals surface area (Å²) in [5.74, 6) is 1.06. The largest absolute Gasteiger partial charge is 0.508 e. The van der Waals surface area contributed by atoms with E-state index in [0.717, 1.165) is 10.9 Å². The number of hydrogen-bond donors (Lipinski definition) is 1. The summed E-state index contributed by atoms with van der Waals surface area (Å²) >= 11 is 3.55. The fourth-order valence-corrected chi connectivity index (χ4v) is 3.23. The second-order valence-electron chi connectivity index (χ2n) is 4.00. The molecule has 0 heterocycles. The molecule has 0 bridgehead atoms. The van der Waals surface area contributed by atoms with Crippen LogP contribution in [0.15, 0.2) is 16.6 Å². The lowest BCUT2D eigenvalue weighted by Gasteiger charge is -2.25. The Bertz CT molecular complexity index is 346. The van der Waals surface area contributed by atoms with Crippen LogP contribution >= 0.6 is 15.9 Å². The van der Waals surface area contributed by atoms with Crippen molar-refractivity contribution >= 4 is 15.9 Å². The molecule has 0 aromatic heterocycles. The molecule has 76 valence electrons. The Morgan fingerprint density at radius 3 is 3.00 bits per heavy atom. The number of rotatable bonds is 1. The van der Waals surface area contributed by atoms with Crippen molar-refractivity contribution in [3.63, 3.8) is 0 Å². The van der Waals surface area contributed by atoms with Crippen LogP contribution in [0.4, 0.5) is 0 Å². The Morgan fingerprint density at radius 1 is 1.50 bits per heavy atom. The number of aromatic hydroxyl groups is 1. The second-order valence-corrected chi connectivity index (χ2v) is 4.85. The standard InChI is InChI=1S/C12H15BrO/c1-2-8-4-3-5-9-6-10(14)7-11(13)12(8)9/h6-8,14H,2-5H2,1H3/t8-/m1/s1. The molecule has 1 nitrogen and oxygen atoms in total. The Kier molecular flexibility index (Phi) is 2.82. The van der Waals surface area contributed by atoms with Gasteiger partial charge in [0.05, 0.1) is 0 Å². The zero-order valence-corrected chi connectivity index (χ0v) is 9.97. The minimum atomic E-state index is 0.382. The van der Waals surface area contributed by atoms with Gasteiger partial charge in [0.1, 0.15) is 5.75 Å². The number of fused-ring (bicyclic) bond motifs is 1. The third kappa shape index (κ3) is 1.68. The third-order valence-corrected chi connectivity index (χ3v) is 3.76. The molecule has 2 heteroatoms. The van der Waals surface area contributed by atoms with E-state index in [9.17, 15) is 5.11 Å². The molecule has 1 aliphatic rings. The van der Waals surface area contributed by atoms with E-state index in [1.165, 1.54) is 30.4 Å². The van der Waals surface area contributed by atoms with Crippen molar-refractivity contribution < 1.29 is 5.11 Å². The topological polar surface area (TPSA) is 20.2 Å². The van der Waals surface area contributed by atoms with E-state index in [-0.39, 0.29) is 0 Å². The summed E-state index contributed by atoms with van der Waals surface area (Å²) in [7, 11) is 0. The zero-order valence-electron chi connectivity index (χ0n) is 8.39. The van der Waals surface area contributed by atoms with E-state index in [0.29, 0.717) is 11.7 Å². The lowest BCUT2D eigenvalue weighted by molar-refractivity contribution is 0.469. The Labute approximate surface area is 93.3 Å². The summed E-state index contributed by atoms with van der Waals surface area (Å²) in [6.45, 7) is 2.24. The molecule has 0 fully saturated rings. The van der Waals surface area contributed by atoms with Gasteiger partial charge in [-0.15, -0.1) is 0 Å². The average molecular weight is 255 g/mol. The molecular weight excluding hydrogens is 240 g/mol. The minimum absolute atomic E-state index is 0.382. The fraction of sp³-hybridized carbons (Fsp3) is 0.500. The minimum Gasteiger partial charge on any atom is -0.508 e. The van der Waals surface area contributed by atoms with Crippen molar-refractivity contribution in [3.8, 4) is 5.75 Å². The predicted molar refractivity (Wildman–Crippen MR) is 61.8 cm³/mol. The van der Waals surface area contributed by atoms with Gasteiger partial charge in [0.2, 0.25) is 0 Å². The summed E-state index contributed by atoms with van der Waals surface area (Å²) in [6.07, 6.45) is 4.84. The van der Waals surface area contributed by atoms with Gasteiger partial charge in [0, 0.05) is 4.47 Å². The number of aryl methyl sites for hydroxylation is 1. The third-order valence-electron chi connectivity index (χ3n) is 3.10. The van der Waals surface area contributed by atoms with Gasteiger partial charge < -0.3 is 5.11 Å². The molecule has 0 saturated carbocycles. The van der Waals surface area contributed by atoms with Crippen LogP contribution in [-0.4, -0.2) is 5.11 Å². The lowest BCUT2D eigenvalue weighted by atomic mass is 9.81. The van der Waals surface area contributed by atoms with Crippen LogP contribution in [0.1, 0.15) is 43.2 Å². The predicted octanol–water partition coefficient (Wildman–Crippen LogP) is 3.98. The molecule has 0 amide bonds. The van der Waals surface area contributed by atoms with E-state index in [4.69, 9.17) is 0 Å². The molecule has 0 unspecified atom stereocenters. The van der Waals surface area contributed by atoms with Crippen LogP contribution in [0.2, 0.25) is 0 Å². The number of phenolic OH excluding ortho intramolecular Hbond substituents is 1. The number of phenols is 1. The average Bonchev–Trinajstić information content (AvgIpc) is 2.16. The van der Waals surface area contributed by atoms with Gasteiger partial charge in [-0.1, -0.05) is 22.9 Å². The summed E-state index contributed by atoms with van der Waals surface area (Å²) < 4.78 is 1.08. The maximum atomic E-state index is 9.50. The molecule has 1 aromatic rings. The van der Waals surface area contributed by atoms with Crippen molar-refractivity contribution in [1.82, 2.24) is 0 Å². The van der Waals surface area contributed by atoms with Crippen molar-refractivity contribution in [2.75, 3.05) is 0 Å². The maximum absolute atomic E-state index is 9.50. The Hall–Kier alpha value is -0.500. The maximum Gasteiger partial charge on any atom is 0.116 e. The first-order valence-electron chi connectivity index (χ1n) is 5.23. The number of benzene rings is 1. The highest BCUT2D eigenvalue weighted by Gasteiger charge is 2.21. The van der Waals surface area contributed by atoms with Gasteiger partial charge in [-0.2, -0.15) is 0 Å². The first-order chi connectivity index (χ1) is 6.72. The Morgan fingerprint density at radius 2 is 2.29 bits per heavy atom. The second kappa shape index (κ2) is 3.93. The van der Waals surface area contributed by atoms with Gasteiger partial charge in [0.25, 0.3) is 0 Å². The molecule has 1 atom stereocenters. The first-order valence-corrected chi connectivity index (χ1v) is 6.03. The quantitative estimate of drug-likeness (QED) is 0.804. The van der Waals surface area contributed by atoms with Crippen LogP contribution in [0.3, 0.4) is 0 Å². The lowest BCUT2D eigenvalue weighted by Crippen LogP contribution is -2.09. The van der Waals surface area contributed by atoms with E-state index in [1.54, 1.807) is 0 Å². The van der Waals surface area contributed by atoms with Crippen molar-refractivity contribution in [2.45, 2.75) is 38.5 Å². The van der Waals surface area contributed by atoms with Gasteiger partial charge in [-0.3, -0.25) is 0 Å².